The zero-order valence-electron chi connectivity index (χ0n) is 12.0. The fourth-order valence-corrected chi connectivity index (χ4v) is 2.05. The smallest absolute Gasteiger partial charge is 0.371 e. The van der Waals surface area contributed by atoms with Crippen molar-refractivity contribution in [3.8, 4) is 0 Å². The summed E-state index contributed by atoms with van der Waals surface area (Å²) in [7, 11) is 0. The van der Waals surface area contributed by atoms with Crippen molar-refractivity contribution in [3.05, 3.63) is 75.3 Å². The van der Waals surface area contributed by atoms with Crippen LogP contribution in [-0.2, 0) is 17.6 Å². The van der Waals surface area contributed by atoms with Crippen molar-refractivity contribution in [3.63, 3.8) is 0 Å². The molecule has 0 amide bonds. The first-order valence-electron chi connectivity index (χ1n) is 6.78. The summed E-state index contributed by atoms with van der Waals surface area (Å²) in [6, 6.07) is 9.88. The minimum atomic E-state index is -1.42. The van der Waals surface area contributed by atoms with Crippen LogP contribution in [0.25, 0.3) is 6.08 Å². The van der Waals surface area contributed by atoms with Gasteiger partial charge in [-0.05, 0) is 24.5 Å². The van der Waals surface area contributed by atoms with Gasteiger partial charge in [0.1, 0.15) is 0 Å². The van der Waals surface area contributed by atoms with E-state index >= 15 is 0 Å². The molecule has 118 valence electrons. The van der Waals surface area contributed by atoms with Gasteiger partial charge in [0.15, 0.2) is 0 Å². The highest BCUT2D eigenvalue weighted by atomic mass is 16.6. The zero-order valence-corrected chi connectivity index (χ0v) is 12.0. The number of nitrogens with zero attached hydrogens (tertiary/aromatic N) is 2. The summed E-state index contributed by atoms with van der Waals surface area (Å²) in [5.74, 6) is -2.21. The van der Waals surface area contributed by atoms with Gasteiger partial charge in [-0.15, -0.1) is 0 Å². The molecule has 0 saturated heterocycles. The van der Waals surface area contributed by atoms with E-state index in [4.69, 9.17) is 10.2 Å². The molecule has 7 nitrogen and oxygen atoms in total. The first-order valence-corrected chi connectivity index (χ1v) is 6.78. The van der Waals surface area contributed by atoms with E-state index in [1.54, 1.807) is 36.5 Å². The predicted molar refractivity (Wildman–Crippen MR) is 83.0 cm³/mol. The molecular weight excluding hydrogens is 300 g/mol. The van der Waals surface area contributed by atoms with Gasteiger partial charge in [0.05, 0.1) is 10.6 Å². The molecule has 0 saturated carbocycles. The van der Waals surface area contributed by atoms with Gasteiger partial charge < -0.3 is 10.2 Å². The Kier molecular flexibility index (Phi) is 5.03. The van der Waals surface area contributed by atoms with Crippen molar-refractivity contribution in [2.45, 2.75) is 12.8 Å². The van der Waals surface area contributed by atoms with Crippen LogP contribution in [0.3, 0.4) is 0 Å². The van der Waals surface area contributed by atoms with Crippen LogP contribution in [0.5, 0.6) is 0 Å². The second-order valence-corrected chi connectivity index (χ2v) is 4.81. The van der Waals surface area contributed by atoms with Gasteiger partial charge in [-0.3, -0.25) is 15.1 Å². The Morgan fingerprint density at radius 2 is 1.91 bits per heavy atom. The highest BCUT2D eigenvalue weighted by Gasteiger charge is 2.12. The average molecular weight is 314 g/mol. The molecule has 1 aromatic heterocycles. The monoisotopic (exact) mass is 314 g/mol. The van der Waals surface area contributed by atoms with Crippen LogP contribution in [-0.4, -0.2) is 26.1 Å². The SMILES string of the molecule is O=C(O)/C(O)=C/c1ccc(CCc2ccccc2[N+](=O)[O-])cn1. The van der Waals surface area contributed by atoms with Gasteiger partial charge in [0, 0.05) is 23.9 Å². The zero-order chi connectivity index (χ0) is 16.8. The molecule has 0 spiro atoms. The largest absolute Gasteiger partial charge is 0.502 e. The van der Waals surface area contributed by atoms with E-state index in [1.165, 1.54) is 6.07 Å². The van der Waals surface area contributed by atoms with Gasteiger partial charge in [0.25, 0.3) is 5.69 Å². The van der Waals surface area contributed by atoms with E-state index in [9.17, 15) is 14.9 Å². The number of carboxylic acids is 1. The van der Waals surface area contributed by atoms with E-state index in [0.29, 0.717) is 24.1 Å². The topological polar surface area (TPSA) is 114 Å². The van der Waals surface area contributed by atoms with E-state index in [0.717, 1.165) is 11.6 Å². The van der Waals surface area contributed by atoms with Crippen molar-refractivity contribution in [1.29, 1.82) is 0 Å². The summed E-state index contributed by atoms with van der Waals surface area (Å²) < 4.78 is 0. The summed E-state index contributed by atoms with van der Waals surface area (Å²) in [6.07, 6.45) is 3.66. The van der Waals surface area contributed by atoms with Crippen LogP contribution in [0.4, 0.5) is 5.69 Å². The van der Waals surface area contributed by atoms with Crippen LogP contribution < -0.4 is 0 Å². The maximum absolute atomic E-state index is 11.0. The Morgan fingerprint density at radius 1 is 1.17 bits per heavy atom. The van der Waals surface area contributed by atoms with E-state index in [-0.39, 0.29) is 5.69 Å². The third kappa shape index (κ3) is 4.37. The molecule has 0 bridgehead atoms. The van der Waals surface area contributed by atoms with E-state index < -0.39 is 16.7 Å². The van der Waals surface area contributed by atoms with Crippen LogP contribution in [0.1, 0.15) is 16.8 Å². The summed E-state index contributed by atoms with van der Waals surface area (Å²) >= 11 is 0. The number of aliphatic hydroxyl groups is 1. The van der Waals surface area contributed by atoms with Crippen molar-refractivity contribution >= 4 is 17.7 Å². The third-order valence-corrected chi connectivity index (χ3v) is 3.22. The molecule has 0 aliphatic rings. The second kappa shape index (κ2) is 7.17. The number of carbonyl (C=O) groups is 1. The van der Waals surface area contributed by atoms with Gasteiger partial charge in [0.2, 0.25) is 5.76 Å². The van der Waals surface area contributed by atoms with Crippen molar-refractivity contribution in [2.75, 3.05) is 0 Å². The number of aromatic nitrogens is 1. The Hall–Kier alpha value is -3.22. The standard InChI is InChI=1S/C16H14N2O5/c19-15(16(20)21)9-13-8-6-11(10-17-13)5-7-12-3-1-2-4-14(12)18(22)23/h1-4,6,8-10,19H,5,7H2,(H,20,21)/b15-9-. The molecule has 1 aromatic carbocycles. The number of aliphatic carboxylic acids is 1. The third-order valence-electron chi connectivity index (χ3n) is 3.22. The molecule has 0 aliphatic heterocycles. The first kappa shape index (κ1) is 16.2. The molecule has 0 unspecified atom stereocenters. The number of aryl methyl sites for hydroxylation is 2. The maximum atomic E-state index is 11.0. The fraction of sp³-hybridized carbons (Fsp3) is 0.125. The molecule has 0 radical (unpaired) electrons. The molecule has 23 heavy (non-hydrogen) atoms. The molecule has 7 heteroatoms. The first-order chi connectivity index (χ1) is 11.0. The minimum Gasteiger partial charge on any atom is -0.502 e. The summed E-state index contributed by atoms with van der Waals surface area (Å²) in [5.41, 5.74) is 1.91. The number of nitro benzene ring substituents is 1. The van der Waals surface area contributed by atoms with Crippen LogP contribution >= 0.6 is 0 Å². The number of pyridine rings is 1. The Labute approximate surface area is 131 Å². The molecule has 0 aliphatic carbocycles. The number of carboxylic acid groups (broad SMARTS) is 1. The number of para-hydroxylation sites is 1. The fourth-order valence-electron chi connectivity index (χ4n) is 2.05. The summed E-state index contributed by atoms with van der Waals surface area (Å²) in [6.45, 7) is 0. The van der Waals surface area contributed by atoms with Gasteiger partial charge >= 0.3 is 5.97 Å². The highest BCUT2D eigenvalue weighted by Crippen LogP contribution is 2.19. The molecule has 1 heterocycles. The number of benzene rings is 1. The quantitative estimate of drug-likeness (QED) is 0.367. The van der Waals surface area contributed by atoms with E-state index in [1.807, 2.05) is 0 Å². The normalized spacial score (nSPS) is 11.2. The molecule has 0 atom stereocenters. The number of aliphatic hydroxyl groups excluding tert-OH is 1. The molecular formula is C16H14N2O5. The van der Waals surface area contributed by atoms with E-state index in [2.05, 4.69) is 4.98 Å². The lowest BCUT2D eigenvalue weighted by molar-refractivity contribution is -0.385. The molecule has 0 fully saturated rings. The molecule has 2 N–H and O–H groups in total. The maximum Gasteiger partial charge on any atom is 0.371 e. The number of hydrogen-bond acceptors (Lipinski definition) is 5. The van der Waals surface area contributed by atoms with Crippen molar-refractivity contribution in [1.82, 2.24) is 4.98 Å². The Bertz CT molecular complexity index is 753. The lowest BCUT2D eigenvalue weighted by atomic mass is 10.0. The van der Waals surface area contributed by atoms with Gasteiger partial charge in [-0.25, -0.2) is 4.79 Å². The van der Waals surface area contributed by atoms with Crippen LogP contribution in [0, 0.1) is 10.1 Å². The lowest BCUT2D eigenvalue weighted by Crippen LogP contribution is -2.00. The summed E-state index contributed by atoms with van der Waals surface area (Å²) in [4.78, 5) is 25.1. The van der Waals surface area contributed by atoms with Crippen LogP contribution in [0.2, 0.25) is 0 Å². The summed E-state index contributed by atoms with van der Waals surface area (Å²) in [5, 5.41) is 28.7. The Morgan fingerprint density at radius 3 is 2.52 bits per heavy atom. The molecule has 2 aromatic rings. The number of rotatable bonds is 6. The van der Waals surface area contributed by atoms with Crippen molar-refractivity contribution in [2.24, 2.45) is 0 Å². The highest BCUT2D eigenvalue weighted by molar-refractivity contribution is 5.88. The van der Waals surface area contributed by atoms with Gasteiger partial charge in [-0.2, -0.15) is 0 Å². The van der Waals surface area contributed by atoms with Crippen LogP contribution in [0.15, 0.2) is 48.4 Å². The number of nitro groups is 1. The number of hydrogen-bond donors (Lipinski definition) is 2. The predicted octanol–water partition coefficient (Wildman–Crippen LogP) is 2.76. The lowest BCUT2D eigenvalue weighted by Gasteiger charge is -2.03. The minimum absolute atomic E-state index is 0.0893. The average Bonchev–Trinajstić information content (AvgIpc) is 2.54. The van der Waals surface area contributed by atoms with Crippen molar-refractivity contribution < 1.29 is 19.9 Å². The molecule has 2 rings (SSSR count). The van der Waals surface area contributed by atoms with Gasteiger partial charge in [-0.1, -0.05) is 24.3 Å². The Balaban J connectivity index is 2.07. The second-order valence-electron chi connectivity index (χ2n) is 4.81.